The van der Waals surface area contributed by atoms with Crippen LogP contribution in [0.1, 0.15) is 57.5 Å². The van der Waals surface area contributed by atoms with E-state index in [0.29, 0.717) is 43.0 Å². The van der Waals surface area contributed by atoms with Gasteiger partial charge >= 0.3 is 12.2 Å². The van der Waals surface area contributed by atoms with E-state index in [0.717, 1.165) is 27.0 Å². The Hall–Kier alpha value is -4.44. The second-order valence-corrected chi connectivity index (χ2v) is 14.1. The minimum Gasteiger partial charge on any atom is -0.444 e. The molecule has 1 aliphatic rings. The fraction of sp³-hybridized carbons (Fsp3) is 0.371. The van der Waals surface area contributed by atoms with Gasteiger partial charge in [0.1, 0.15) is 11.2 Å². The third kappa shape index (κ3) is 8.39. The first kappa shape index (κ1) is 32.0. The molecule has 236 valence electrons. The van der Waals surface area contributed by atoms with Crippen molar-refractivity contribution in [2.75, 3.05) is 36.4 Å². The number of hydrogen-bond acceptors (Lipinski definition) is 8. The van der Waals surface area contributed by atoms with E-state index in [1.807, 2.05) is 80.7 Å². The highest BCUT2D eigenvalue weighted by molar-refractivity contribution is 7.13. The van der Waals surface area contributed by atoms with Crippen LogP contribution in [-0.4, -0.2) is 65.2 Å². The quantitative estimate of drug-likeness (QED) is 0.218. The Morgan fingerprint density at radius 2 is 1.62 bits per heavy atom. The molecule has 9 nitrogen and oxygen atoms in total. The number of ether oxygens (including phenoxy) is 2. The zero-order chi connectivity index (χ0) is 32.4. The first-order valence-corrected chi connectivity index (χ1v) is 15.9. The first-order valence-electron chi connectivity index (χ1n) is 15.1. The maximum absolute atomic E-state index is 13.6. The van der Waals surface area contributed by atoms with Crippen LogP contribution in [0.5, 0.6) is 0 Å². The minimum atomic E-state index is -0.651. The summed E-state index contributed by atoms with van der Waals surface area (Å²) in [4.78, 5) is 48.3. The van der Waals surface area contributed by atoms with Crippen molar-refractivity contribution in [3.8, 4) is 10.4 Å². The van der Waals surface area contributed by atoms with Gasteiger partial charge in [-0.2, -0.15) is 0 Å². The second kappa shape index (κ2) is 12.9. The molecule has 0 bridgehead atoms. The van der Waals surface area contributed by atoms with E-state index in [2.05, 4.69) is 15.2 Å². The monoisotopic (exact) mass is 628 g/mol. The fourth-order valence-corrected chi connectivity index (χ4v) is 5.80. The highest BCUT2D eigenvalue weighted by Gasteiger charge is 2.26. The maximum atomic E-state index is 13.6. The maximum Gasteiger partial charge on any atom is 0.412 e. The number of piperazine rings is 1. The Balaban J connectivity index is 1.30. The lowest BCUT2D eigenvalue weighted by Gasteiger charge is -2.36. The van der Waals surface area contributed by atoms with Gasteiger partial charge < -0.3 is 19.3 Å². The van der Waals surface area contributed by atoms with E-state index < -0.39 is 17.3 Å². The number of fused-ring (bicyclic) bond motifs is 1. The third-order valence-electron chi connectivity index (χ3n) is 7.18. The van der Waals surface area contributed by atoms with Gasteiger partial charge in [-0.25, -0.2) is 9.59 Å². The molecule has 2 aromatic heterocycles. The summed E-state index contributed by atoms with van der Waals surface area (Å²) in [6, 6.07) is 17.6. The number of Topliss-reactive ketones (excluding diaryl/α,β-unsaturated/α-hetero) is 1. The van der Waals surface area contributed by atoms with Crippen molar-refractivity contribution in [1.82, 2.24) is 9.88 Å². The normalized spacial score (nSPS) is 13.9. The molecule has 2 aromatic carbocycles. The van der Waals surface area contributed by atoms with Crippen LogP contribution in [0.25, 0.3) is 21.3 Å². The number of carbonyl (C=O) groups excluding carboxylic acids is 3. The average Bonchev–Trinajstić information content (AvgIpc) is 3.51. The Kier molecular flexibility index (Phi) is 9.16. The molecule has 1 aliphatic heterocycles. The summed E-state index contributed by atoms with van der Waals surface area (Å²) in [6.07, 6.45) is 0.830. The highest BCUT2D eigenvalue weighted by atomic mass is 32.1. The average molecular weight is 629 g/mol. The molecule has 4 aromatic rings. The summed E-state index contributed by atoms with van der Waals surface area (Å²) in [6.45, 7) is 13.5. The number of carbonyl (C=O) groups is 3. The summed E-state index contributed by atoms with van der Waals surface area (Å²) >= 11 is 1.61. The number of benzene rings is 2. The van der Waals surface area contributed by atoms with Gasteiger partial charge in [-0.3, -0.25) is 15.1 Å². The number of thiophene rings is 1. The molecule has 1 N–H and O–H groups in total. The molecule has 0 atom stereocenters. The number of nitrogens with one attached hydrogen (secondary N) is 1. The summed E-state index contributed by atoms with van der Waals surface area (Å²) in [5.74, 6) is -0.109. The highest BCUT2D eigenvalue weighted by Crippen LogP contribution is 2.30. The standard InChI is InChI=1S/C35H40N4O5S/c1-34(2,3)43-32(41)37-28-12-10-24(31-8-7-17-45-31)19-25(28)20-30(40)26-18-23-9-11-27(21-29(23)36-22-26)38-13-15-39(16-14-38)33(42)44-35(4,5)6/h7-12,17-19,21-22H,13-16,20H2,1-6H3,(H,37,41). The van der Waals surface area contributed by atoms with Crippen molar-refractivity contribution < 1.29 is 23.9 Å². The number of pyridine rings is 1. The van der Waals surface area contributed by atoms with E-state index in [1.54, 1.807) is 43.2 Å². The molecule has 1 saturated heterocycles. The van der Waals surface area contributed by atoms with E-state index in [1.165, 1.54) is 0 Å². The van der Waals surface area contributed by atoms with Crippen LogP contribution < -0.4 is 10.2 Å². The molecule has 5 rings (SSSR count). The Morgan fingerprint density at radius 3 is 2.29 bits per heavy atom. The summed E-state index contributed by atoms with van der Waals surface area (Å²) in [5.41, 5.74) is 3.31. The summed E-state index contributed by atoms with van der Waals surface area (Å²) < 4.78 is 11.0. The molecule has 0 aliphatic carbocycles. The molecule has 1 fully saturated rings. The lowest BCUT2D eigenvalue weighted by Crippen LogP contribution is -2.50. The van der Waals surface area contributed by atoms with Crippen molar-refractivity contribution in [2.45, 2.75) is 59.2 Å². The number of nitrogens with zero attached hydrogens (tertiary/aromatic N) is 3. The molecule has 0 saturated carbocycles. The molecule has 3 heterocycles. The number of rotatable bonds is 6. The Morgan fingerprint density at radius 1 is 0.889 bits per heavy atom. The van der Waals surface area contributed by atoms with Gasteiger partial charge in [0.15, 0.2) is 5.78 Å². The summed E-state index contributed by atoms with van der Waals surface area (Å²) in [7, 11) is 0. The van der Waals surface area contributed by atoms with Gasteiger partial charge in [-0.05, 0) is 94.4 Å². The van der Waals surface area contributed by atoms with Gasteiger partial charge in [-0.1, -0.05) is 18.2 Å². The van der Waals surface area contributed by atoms with Crippen molar-refractivity contribution in [3.63, 3.8) is 0 Å². The number of hydrogen-bond donors (Lipinski definition) is 1. The Labute approximate surface area is 268 Å². The number of amides is 2. The van der Waals surface area contributed by atoms with Gasteiger partial charge in [0, 0.05) is 66.0 Å². The minimum absolute atomic E-state index is 0.0809. The van der Waals surface area contributed by atoms with E-state index >= 15 is 0 Å². The van der Waals surface area contributed by atoms with Crippen LogP contribution in [0, 0.1) is 0 Å². The van der Waals surface area contributed by atoms with Gasteiger partial charge in [0.05, 0.1) is 5.52 Å². The van der Waals surface area contributed by atoms with Gasteiger partial charge in [0.25, 0.3) is 0 Å². The zero-order valence-corrected chi connectivity index (χ0v) is 27.5. The zero-order valence-electron chi connectivity index (χ0n) is 26.7. The molecule has 0 radical (unpaired) electrons. The van der Waals surface area contributed by atoms with Crippen molar-refractivity contribution in [3.05, 3.63) is 77.3 Å². The fourth-order valence-electron chi connectivity index (χ4n) is 5.08. The summed E-state index contributed by atoms with van der Waals surface area (Å²) in [5, 5.41) is 5.68. The van der Waals surface area contributed by atoms with Crippen LogP contribution in [0.3, 0.4) is 0 Å². The molecule has 0 unspecified atom stereocenters. The van der Waals surface area contributed by atoms with E-state index in [-0.39, 0.29) is 18.3 Å². The molecule has 10 heteroatoms. The smallest absolute Gasteiger partial charge is 0.412 e. The lowest BCUT2D eigenvalue weighted by atomic mass is 9.99. The van der Waals surface area contributed by atoms with Crippen molar-refractivity contribution in [1.29, 1.82) is 0 Å². The first-order chi connectivity index (χ1) is 21.2. The predicted octanol–water partition coefficient (Wildman–Crippen LogP) is 7.79. The Bertz CT molecular complexity index is 1700. The molecular formula is C35H40N4O5S. The number of aromatic nitrogens is 1. The van der Waals surface area contributed by atoms with E-state index in [4.69, 9.17) is 9.47 Å². The van der Waals surface area contributed by atoms with Crippen LogP contribution in [0.15, 0.2) is 66.2 Å². The SMILES string of the molecule is CC(C)(C)OC(=O)Nc1ccc(-c2cccs2)cc1CC(=O)c1cnc2cc(N3CCN(C(=O)OC(C)(C)C)CC3)ccc2c1. The predicted molar refractivity (Wildman–Crippen MR) is 179 cm³/mol. The van der Waals surface area contributed by atoms with Crippen LogP contribution >= 0.6 is 11.3 Å². The van der Waals surface area contributed by atoms with Crippen LogP contribution in [0.2, 0.25) is 0 Å². The van der Waals surface area contributed by atoms with Crippen LogP contribution in [-0.2, 0) is 15.9 Å². The topological polar surface area (TPSA) is 101 Å². The third-order valence-corrected chi connectivity index (χ3v) is 8.10. The lowest BCUT2D eigenvalue weighted by molar-refractivity contribution is 0.0240. The molecule has 45 heavy (non-hydrogen) atoms. The largest absolute Gasteiger partial charge is 0.444 e. The van der Waals surface area contributed by atoms with Crippen molar-refractivity contribution >= 4 is 51.6 Å². The van der Waals surface area contributed by atoms with Crippen molar-refractivity contribution in [2.24, 2.45) is 0 Å². The second-order valence-electron chi connectivity index (χ2n) is 13.1. The molecule has 0 spiro atoms. The van der Waals surface area contributed by atoms with Gasteiger partial charge in [0.2, 0.25) is 0 Å². The number of ketones is 1. The molecular weight excluding hydrogens is 588 g/mol. The molecule has 2 amide bonds. The van der Waals surface area contributed by atoms with Gasteiger partial charge in [-0.15, -0.1) is 11.3 Å². The van der Waals surface area contributed by atoms with E-state index in [9.17, 15) is 14.4 Å². The number of anilines is 2. The van der Waals surface area contributed by atoms with Crippen LogP contribution in [0.4, 0.5) is 21.0 Å².